The molecule has 28 heavy (non-hydrogen) atoms. The van der Waals surface area contributed by atoms with Crippen LogP contribution in [0.15, 0.2) is 46.1 Å². The molecule has 0 unspecified atom stereocenters. The lowest BCUT2D eigenvalue weighted by Crippen LogP contribution is -2.20. The van der Waals surface area contributed by atoms with Crippen molar-refractivity contribution in [2.45, 2.75) is 92.1 Å². The zero-order valence-electron chi connectivity index (χ0n) is 18.4. The van der Waals surface area contributed by atoms with E-state index in [4.69, 9.17) is 4.74 Å². The summed E-state index contributed by atoms with van der Waals surface area (Å²) in [5.74, 6) is -0.349. The van der Waals surface area contributed by atoms with Crippen molar-refractivity contribution in [2.75, 3.05) is 6.61 Å². The van der Waals surface area contributed by atoms with Crippen LogP contribution in [0.4, 0.5) is 0 Å². The summed E-state index contributed by atoms with van der Waals surface area (Å²) >= 11 is 0. The average Bonchev–Trinajstić information content (AvgIpc) is 3.05. The highest BCUT2D eigenvalue weighted by Crippen LogP contribution is 2.42. The molecule has 1 heterocycles. The number of aliphatic hydroxyl groups excluding tert-OH is 1. The summed E-state index contributed by atoms with van der Waals surface area (Å²) < 4.78 is 4.85. The maximum atomic E-state index is 11.1. The Balaban J connectivity index is 1.75. The van der Waals surface area contributed by atoms with E-state index in [1.54, 1.807) is 11.1 Å². The molecule has 3 nitrogen and oxygen atoms in total. The Kier molecular flexibility index (Phi) is 8.30. The summed E-state index contributed by atoms with van der Waals surface area (Å²) in [6, 6.07) is 0. The molecule has 0 radical (unpaired) electrons. The van der Waals surface area contributed by atoms with Crippen LogP contribution in [0.25, 0.3) is 0 Å². The summed E-state index contributed by atoms with van der Waals surface area (Å²) in [6.07, 6.45) is 14.1. The van der Waals surface area contributed by atoms with Crippen LogP contribution in [0, 0.1) is 5.41 Å². The Morgan fingerprint density at radius 1 is 1.25 bits per heavy atom. The Bertz CT molecular complexity index is 689. The Hall–Kier alpha value is -1.61. The molecule has 0 fully saturated rings. The van der Waals surface area contributed by atoms with Gasteiger partial charge in [-0.25, -0.2) is 4.79 Å². The summed E-state index contributed by atoms with van der Waals surface area (Å²) in [6.45, 7) is 11.7. The van der Waals surface area contributed by atoms with E-state index < -0.39 is 6.10 Å². The fourth-order valence-electron chi connectivity index (χ4n) is 4.34. The van der Waals surface area contributed by atoms with Crippen molar-refractivity contribution in [3.05, 3.63) is 46.1 Å². The van der Waals surface area contributed by atoms with Crippen molar-refractivity contribution in [1.29, 1.82) is 0 Å². The van der Waals surface area contributed by atoms with Crippen LogP contribution in [0.1, 0.15) is 86.0 Å². The van der Waals surface area contributed by atoms with Crippen LogP contribution < -0.4 is 0 Å². The molecule has 0 aromatic carbocycles. The van der Waals surface area contributed by atoms with E-state index in [0.717, 1.165) is 19.3 Å². The second kappa shape index (κ2) is 10.2. The van der Waals surface area contributed by atoms with Crippen molar-refractivity contribution >= 4 is 5.97 Å². The first-order chi connectivity index (χ1) is 13.2. The van der Waals surface area contributed by atoms with Gasteiger partial charge < -0.3 is 9.84 Å². The van der Waals surface area contributed by atoms with Crippen molar-refractivity contribution in [3.8, 4) is 0 Å². The molecule has 3 heteroatoms. The molecule has 1 N–H and O–H groups in total. The number of aliphatic hydroxyl groups is 1. The fourth-order valence-corrected chi connectivity index (χ4v) is 4.34. The molecule has 1 atom stereocenters. The number of hydrogen-bond acceptors (Lipinski definition) is 3. The molecule has 0 aromatic rings. The number of hydrogen-bond donors (Lipinski definition) is 1. The van der Waals surface area contributed by atoms with Crippen LogP contribution in [0.3, 0.4) is 0 Å². The molecule has 0 bridgehead atoms. The zero-order chi connectivity index (χ0) is 20.7. The first kappa shape index (κ1) is 22.7. The van der Waals surface area contributed by atoms with Gasteiger partial charge in [0.25, 0.3) is 0 Å². The molecule has 1 aliphatic carbocycles. The van der Waals surface area contributed by atoms with E-state index in [-0.39, 0.29) is 12.6 Å². The standard InChI is InChI=1S/C25H38O3/c1-18(11-13-22-20(3)10-7-15-25(22,4)5)8-6-9-19(2)12-14-23(26)21-16-24(27)28-17-21/h8,12,16,23,26H,6-7,9-11,13-15,17H2,1-5H3/t23-/m1/s1. The smallest absolute Gasteiger partial charge is 0.331 e. The molecule has 2 rings (SSSR count). The van der Waals surface area contributed by atoms with Crippen molar-refractivity contribution in [2.24, 2.45) is 5.41 Å². The van der Waals surface area contributed by atoms with Crippen LogP contribution in [0.5, 0.6) is 0 Å². The highest BCUT2D eigenvalue weighted by molar-refractivity contribution is 5.85. The topological polar surface area (TPSA) is 46.5 Å². The monoisotopic (exact) mass is 386 g/mol. The molecular weight excluding hydrogens is 348 g/mol. The number of ether oxygens (including phenoxy) is 1. The second-order valence-electron chi connectivity index (χ2n) is 9.21. The zero-order valence-corrected chi connectivity index (χ0v) is 18.4. The van der Waals surface area contributed by atoms with Crippen molar-refractivity contribution in [3.63, 3.8) is 0 Å². The molecule has 1 aliphatic heterocycles. The minimum Gasteiger partial charge on any atom is -0.458 e. The quantitative estimate of drug-likeness (QED) is 0.379. The largest absolute Gasteiger partial charge is 0.458 e. The maximum Gasteiger partial charge on any atom is 0.331 e. The normalized spacial score (nSPS) is 21.6. The SMILES string of the molecule is CC(=CC[C@@H](O)C1=CC(=O)OC1)CCC=C(C)CCC1=C(C)CCCC1(C)C. The van der Waals surface area contributed by atoms with Gasteiger partial charge in [-0.1, -0.05) is 48.3 Å². The lowest BCUT2D eigenvalue weighted by Gasteiger charge is -2.35. The van der Waals surface area contributed by atoms with Crippen LogP contribution in [-0.4, -0.2) is 23.8 Å². The third-order valence-corrected chi connectivity index (χ3v) is 6.29. The molecule has 156 valence electrons. The Labute approximate surface area is 171 Å². The first-order valence-electron chi connectivity index (χ1n) is 10.7. The second-order valence-corrected chi connectivity index (χ2v) is 9.21. The van der Waals surface area contributed by atoms with Crippen molar-refractivity contribution < 1.29 is 14.6 Å². The summed E-state index contributed by atoms with van der Waals surface area (Å²) in [5.41, 5.74) is 7.10. The summed E-state index contributed by atoms with van der Waals surface area (Å²) in [4.78, 5) is 11.1. The van der Waals surface area contributed by atoms with Gasteiger partial charge in [0.1, 0.15) is 6.61 Å². The van der Waals surface area contributed by atoms with Gasteiger partial charge in [-0.15, -0.1) is 0 Å². The molecule has 0 saturated carbocycles. The molecule has 0 aromatic heterocycles. The number of cyclic esters (lactones) is 1. The van der Waals surface area contributed by atoms with E-state index in [9.17, 15) is 9.90 Å². The Morgan fingerprint density at radius 2 is 1.96 bits per heavy atom. The summed E-state index contributed by atoms with van der Waals surface area (Å²) in [7, 11) is 0. The molecule has 2 aliphatic rings. The van der Waals surface area contributed by atoms with Gasteiger partial charge >= 0.3 is 5.97 Å². The van der Waals surface area contributed by atoms with Gasteiger partial charge in [0, 0.05) is 11.6 Å². The van der Waals surface area contributed by atoms with E-state index in [1.165, 1.54) is 42.9 Å². The minimum atomic E-state index is -0.617. The number of carbonyl (C=O) groups excluding carboxylic acids is 1. The van der Waals surface area contributed by atoms with E-state index >= 15 is 0 Å². The Morgan fingerprint density at radius 3 is 2.61 bits per heavy atom. The maximum absolute atomic E-state index is 11.1. The fraction of sp³-hybridized carbons (Fsp3) is 0.640. The number of allylic oxidation sites excluding steroid dienone is 5. The van der Waals surface area contributed by atoms with Crippen LogP contribution >= 0.6 is 0 Å². The highest BCUT2D eigenvalue weighted by Gasteiger charge is 2.27. The first-order valence-corrected chi connectivity index (χ1v) is 10.7. The van der Waals surface area contributed by atoms with E-state index in [1.807, 2.05) is 0 Å². The lowest BCUT2D eigenvalue weighted by molar-refractivity contribution is -0.135. The van der Waals surface area contributed by atoms with Gasteiger partial charge in [0.05, 0.1) is 6.10 Å². The van der Waals surface area contributed by atoms with E-state index in [2.05, 4.69) is 46.8 Å². The van der Waals surface area contributed by atoms with Crippen LogP contribution in [0.2, 0.25) is 0 Å². The van der Waals surface area contributed by atoms with Crippen molar-refractivity contribution in [1.82, 2.24) is 0 Å². The van der Waals surface area contributed by atoms with Gasteiger partial charge in [-0.05, 0) is 77.6 Å². The molecular formula is C25H38O3. The van der Waals surface area contributed by atoms with Crippen LogP contribution in [-0.2, 0) is 9.53 Å². The predicted molar refractivity (Wildman–Crippen MR) is 116 cm³/mol. The lowest BCUT2D eigenvalue weighted by atomic mass is 9.71. The number of carbonyl (C=O) groups is 1. The minimum absolute atomic E-state index is 0.224. The third kappa shape index (κ3) is 6.77. The van der Waals surface area contributed by atoms with Gasteiger partial charge in [0.2, 0.25) is 0 Å². The number of esters is 1. The average molecular weight is 387 g/mol. The van der Waals surface area contributed by atoms with E-state index in [0.29, 0.717) is 17.4 Å². The predicted octanol–water partition coefficient (Wildman–Crippen LogP) is 6.20. The van der Waals surface area contributed by atoms with Gasteiger partial charge in [0.15, 0.2) is 0 Å². The van der Waals surface area contributed by atoms with Gasteiger partial charge in [-0.2, -0.15) is 0 Å². The molecule has 0 spiro atoms. The highest BCUT2D eigenvalue weighted by atomic mass is 16.5. The summed E-state index contributed by atoms with van der Waals surface area (Å²) in [5, 5.41) is 10.1. The number of rotatable bonds is 9. The molecule has 0 saturated heterocycles. The van der Waals surface area contributed by atoms with Gasteiger partial charge in [-0.3, -0.25) is 0 Å². The third-order valence-electron chi connectivity index (χ3n) is 6.29. The molecule has 0 amide bonds.